The van der Waals surface area contributed by atoms with Crippen LogP contribution in [-0.2, 0) is 0 Å². The first-order valence-electron chi connectivity index (χ1n) is 7.12. The Hall–Kier alpha value is -3.61. The monoisotopic (exact) mass is 319 g/mol. The van der Waals surface area contributed by atoms with Crippen molar-refractivity contribution in [1.82, 2.24) is 15.0 Å². The van der Waals surface area contributed by atoms with E-state index in [0.29, 0.717) is 11.4 Å². The van der Waals surface area contributed by atoms with Gasteiger partial charge in [0.2, 0.25) is 0 Å². The SMILES string of the molecule is O=C(Nc1cccnc1)c1cccc(C(=O)Nc2cccnc2)n1. The van der Waals surface area contributed by atoms with E-state index in [4.69, 9.17) is 0 Å². The zero-order valence-corrected chi connectivity index (χ0v) is 12.5. The van der Waals surface area contributed by atoms with Crippen LogP contribution in [-0.4, -0.2) is 26.8 Å². The van der Waals surface area contributed by atoms with Gasteiger partial charge < -0.3 is 10.6 Å². The van der Waals surface area contributed by atoms with E-state index in [1.165, 1.54) is 24.5 Å². The molecular formula is C17H13N5O2. The summed E-state index contributed by atoms with van der Waals surface area (Å²) in [4.78, 5) is 36.3. The fourth-order valence-electron chi connectivity index (χ4n) is 1.95. The predicted molar refractivity (Wildman–Crippen MR) is 88.6 cm³/mol. The lowest BCUT2D eigenvalue weighted by molar-refractivity contribution is 0.101. The third kappa shape index (κ3) is 3.77. The Balaban J connectivity index is 1.74. The largest absolute Gasteiger partial charge is 0.319 e. The standard InChI is InChI=1S/C17H13N5O2/c23-16(20-12-4-2-8-18-10-12)14-6-1-7-15(22-14)17(24)21-13-5-3-9-19-11-13/h1-11H,(H,20,23)(H,21,24). The second kappa shape index (κ2) is 7.10. The number of nitrogens with one attached hydrogen (secondary N) is 2. The quantitative estimate of drug-likeness (QED) is 0.769. The van der Waals surface area contributed by atoms with Crippen molar-refractivity contribution in [1.29, 1.82) is 0 Å². The lowest BCUT2D eigenvalue weighted by atomic mass is 10.2. The molecule has 3 heterocycles. The van der Waals surface area contributed by atoms with E-state index in [9.17, 15) is 9.59 Å². The van der Waals surface area contributed by atoms with Gasteiger partial charge in [-0.3, -0.25) is 19.6 Å². The molecule has 2 amide bonds. The van der Waals surface area contributed by atoms with Gasteiger partial charge in [-0.1, -0.05) is 6.07 Å². The number of hydrogen-bond donors (Lipinski definition) is 2. The van der Waals surface area contributed by atoms with Crippen molar-refractivity contribution < 1.29 is 9.59 Å². The fourth-order valence-corrected chi connectivity index (χ4v) is 1.95. The minimum atomic E-state index is -0.418. The Bertz CT molecular complexity index is 784. The molecule has 0 atom stereocenters. The van der Waals surface area contributed by atoms with Gasteiger partial charge in [-0.25, -0.2) is 4.98 Å². The molecule has 0 saturated heterocycles. The molecule has 0 aliphatic rings. The average Bonchev–Trinajstić information content (AvgIpc) is 2.63. The van der Waals surface area contributed by atoms with E-state index >= 15 is 0 Å². The van der Waals surface area contributed by atoms with Crippen molar-refractivity contribution in [2.24, 2.45) is 0 Å². The molecule has 3 rings (SSSR count). The Morgan fingerprint density at radius 3 is 1.62 bits per heavy atom. The number of amides is 2. The number of rotatable bonds is 4. The maximum atomic E-state index is 12.2. The van der Waals surface area contributed by atoms with Crippen LogP contribution in [0.3, 0.4) is 0 Å². The minimum Gasteiger partial charge on any atom is -0.319 e. The Morgan fingerprint density at radius 2 is 1.21 bits per heavy atom. The van der Waals surface area contributed by atoms with Crippen LogP contribution in [0.5, 0.6) is 0 Å². The van der Waals surface area contributed by atoms with Gasteiger partial charge in [0.1, 0.15) is 11.4 Å². The molecule has 7 heteroatoms. The molecule has 0 unspecified atom stereocenters. The highest BCUT2D eigenvalue weighted by atomic mass is 16.2. The van der Waals surface area contributed by atoms with E-state index in [0.717, 1.165) is 0 Å². The predicted octanol–water partition coefficient (Wildman–Crippen LogP) is 2.38. The van der Waals surface area contributed by atoms with Gasteiger partial charge in [0.05, 0.1) is 23.8 Å². The van der Waals surface area contributed by atoms with Crippen molar-refractivity contribution >= 4 is 23.2 Å². The number of hydrogen-bond acceptors (Lipinski definition) is 5. The highest BCUT2D eigenvalue weighted by Gasteiger charge is 2.13. The van der Waals surface area contributed by atoms with E-state index in [-0.39, 0.29) is 11.4 Å². The van der Waals surface area contributed by atoms with Gasteiger partial charge in [0, 0.05) is 12.4 Å². The number of anilines is 2. The lowest BCUT2D eigenvalue weighted by Crippen LogP contribution is -2.18. The van der Waals surface area contributed by atoms with E-state index < -0.39 is 11.8 Å². The van der Waals surface area contributed by atoms with Gasteiger partial charge >= 0.3 is 0 Å². The maximum absolute atomic E-state index is 12.2. The van der Waals surface area contributed by atoms with Gasteiger partial charge in [-0.05, 0) is 36.4 Å². The fraction of sp³-hybridized carbons (Fsp3) is 0. The number of nitrogens with zero attached hydrogens (tertiary/aromatic N) is 3. The molecule has 0 spiro atoms. The summed E-state index contributed by atoms with van der Waals surface area (Å²) in [7, 11) is 0. The van der Waals surface area contributed by atoms with Crippen LogP contribution in [0.2, 0.25) is 0 Å². The molecule has 118 valence electrons. The zero-order valence-electron chi connectivity index (χ0n) is 12.5. The first-order chi connectivity index (χ1) is 11.7. The summed E-state index contributed by atoms with van der Waals surface area (Å²) < 4.78 is 0. The summed E-state index contributed by atoms with van der Waals surface area (Å²) in [5.41, 5.74) is 1.37. The first kappa shape index (κ1) is 15.3. The highest BCUT2D eigenvalue weighted by Crippen LogP contribution is 2.09. The number of pyridine rings is 3. The summed E-state index contributed by atoms with van der Waals surface area (Å²) in [5.74, 6) is -0.835. The third-order valence-electron chi connectivity index (χ3n) is 3.05. The van der Waals surface area contributed by atoms with Crippen molar-refractivity contribution in [3.8, 4) is 0 Å². The molecule has 7 nitrogen and oxygen atoms in total. The van der Waals surface area contributed by atoms with Crippen LogP contribution in [0.25, 0.3) is 0 Å². The smallest absolute Gasteiger partial charge is 0.274 e. The van der Waals surface area contributed by atoms with Gasteiger partial charge in [-0.15, -0.1) is 0 Å². The van der Waals surface area contributed by atoms with Crippen LogP contribution in [0.1, 0.15) is 21.0 Å². The normalized spacial score (nSPS) is 10.0. The zero-order chi connectivity index (χ0) is 16.8. The molecular weight excluding hydrogens is 306 g/mol. The molecule has 3 aromatic heterocycles. The van der Waals surface area contributed by atoms with E-state index in [2.05, 4.69) is 25.6 Å². The van der Waals surface area contributed by atoms with Crippen LogP contribution >= 0.6 is 0 Å². The van der Waals surface area contributed by atoms with Crippen LogP contribution < -0.4 is 10.6 Å². The van der Waals surface area contributed by atoms with E-state index in [1.807, 2.05) is 0 Å². The molecule has 0 saturated carbocycles. The molecule has 0 aliphatic heterocycles. The number of aromatic nitrogens is 3. The second-order valence-electron chi connectivity index (χ2n) is 4.80. The topological polar surface area (TPSA) is 96.9 Å². The van der Waals surface area contributed by atoms with Crippen LogP contribution in [0.15, 0.2) is 67.3 Å². The van der Waals surface area contributed by atoms with Crippen molar-refractivity contribution in [2.75, 3.05) is 10.6 Å². The summed E-state index contributed by atoms with van der Waals surface area (Å²) >= 11 is 0. The van der Waals surface area contributed by atoms with Crippen molar-refractivity contribution in [3.05, 3.63) is 78.6 Å². The summed E-state index contributed by atoms with van der Waals surface area (Å²) in [6.07, 6.45) is 6.27. The summed E-state index contributed by atoms with van der Waals surface area (Å²) in [6, 6.07) is 11.5. The molecule has 0 radical (unpaired) electrons. The molecule has 3 aromatic rings. The number of carbonyl (C=O) groups excluding carboxylic acids is 2. The maximum Gasteiger partial charge on any atom is 0.274 e. The van der Waals surface area contributed by atoms with Crippen molar-refractivity contribution in [2.45, 2.75) is 0 Å². The van der Waals surface area contributed by atoms with Crippen LogP contribution in [0, 0.1) is 0 Å². The van der Waals surface area contributed by atoms with E-state index in [1.54, 1.807) is 42.7 Å². The summed E-state index contributed by atoms with van der Waals surface area (Å²) in [5, 5.41) is 5.34. The molecule has 0 fully saturated rings. The average molecular weight is 319 g/mol. The molecule has 0 aromatic carbocycles. The third-order valence-corrected chi connectivity index (χ3v) is 3.05. The molecule has 0 aliphatic carbocycles. The van der Waals surface area contributed by atoms with Crippen molar-refractivity contribution in [3.63, 3.8) is 0 Å². The van der Waals surface area contributed by atoms with Crippen LogP contribution in [0.4, 0.5) is 11.4 Å². The number of carbonyl (C=O) groups is 2. The van der Waals surface area contributed by atoms with Gasteiger partial charge in [0.25, 0.3) is 11.8 Å². The first-order valence-corrected chi connectivity index (χ1v) is 7.12. The Labute approximate surface area is 137 Å². The molecule has 0 bridgehead atoms. The second-order valence-corrected chi connectivity index (χ2v) is 4.80. The Morgan fingerprint density at radius 1 is 0.708 bits per heavy atom. The molecule has 24 heavy (non-hydrogen) atoms. The Kier molecular flexibility index (Phi) is 4.52. The van der Waals surface area contributed by atoms with Gasteiger partial charge in [-0.2, -0.15) is 0 Å². The molecule has 2 N–H and O–H groups in total. The summed E-state index contributed by atoms with van der Waals surface area (Å²) in [6.45, 7) is 0. The lowest BCUT2D eigenvalue weighted by Gasteiger charge is -2.07. The highest BCUT2D eigenvalue weighted by molar-refractivity contribution is 6.06. The van der Waals surface area contributed by atoms with Gasteiger partial charge in [0.15, 0.2) is 0 Å². The minimum absolute atomic E-state index is 0.137.